The maximum Gasteiger partial charge on any atom is 0.339 e. The van der Waals surface area contributed by atoms with E-state index in [1.165, 1.54) is 26.4 Å². The number of carbonyl (C=O) groups excluding carboxylic acids is 1. The molecule has 1 fully saturated rings. The number of rotatable bonds is 3. The number of methoxy groups -OCH3 is 1. The van der Waals surface area contributed by atoms with Crippen LogP contribution in [0, 0.1) is 0 Å². The molecule has 3 rings (SSSR count). The summed E-state index contributed by atoms with van der Waals surface area (Å²) in [6.45, 7) is 3.19. The van der Waals surface area contributed by atoms with E-state index in [-0.39, 0.29) is 5.97 Å². The smallest absolute Gasteiger partial charge is 0.339 e. The van der Waals surface area contributed by atoms with E-state index in [2.05, 4.69) is 9.88 Å². The number of hydrogen-bond acceptors (Lipinski definition) is 4. The maximum atomic E-state index is 11.5. The topological polar surface area (TPSA) is 46.8 Å². The van der Waals surface area contributed by atoms with E-state index >= 15 is 0 Å². The summed E-state index contributed by atoms with van der Waals surface area (Å²) in [4.78, 5) is 18.6. The third-order valence-corrected chi connectivity index (χ3v) is 3.76. The molecule has 0 radical (unpaired) electrons. The molecule has 0 N–H and O–H groups in total. The highest BCUT2D eigenvalue weighted by Gasteiger charge is 2.13. The summed E-state index contributed by atoms with van der Waals surface area (Å²) in [6, 6.07) is 3.60. The van der Waals surface area contributed by atoms with Crippen LogP contribution in [0.2, 0.25) is 0 Å². The molecule has 0 aliphatic carbocycles. The number of nitrogens with zero attached hydrogens (tertiary/aromatic N) is 3. The lowest BCUT2D eigenvalue weighted by molar-refractivity contribution is 0.0600. The van der Waals surface area contributed by atoms with Crippen molar-refractivity contribution in [2.24, 2.45) is 0 Å². The molecule has 5 heteroatoms. The molecule has 0 spiro atoms. The number of aromatic nitrogens is 2. The van der Waals surface area contributed by atoms with E-state index in [1.54, 1.807) is 12.3 Å². The Morgan fingerprint density at radius 1 is 1.25 bits per heavy atom. The van der Waals surface area contributed by atoms with E-state index in [4.69, 9.17) is 4.74 Å². The van der Waals surface area contributed by atoms with Crippen LogP contribution >= 0.6 is 0 Å². The van der Waals surface area contributed by atoms with E-state index in [9.17, 15) is 4.79 Å². The standard InChI is InChI=1S/C15H19N3O2/c1-20-15(19)12-5-6-14-16-13(11-18(14)9-12)10-17-7-3-2-4-8-17/h5-6,9,11H,2-4,7-8,10H2,1H3. The van der Waals surface area contributed by atoms with Crippen LogP contribution in [0.5, 0.6) is 0 Å². The Morgan fingerprint density at radius 2 is 2.05 bits per heavy atom. The van der Waals surface area contributed by atoms with Crippen LogP contribution in [0.4, 0.5) is 0 Å². The van der Waals surface area contributed by atoms with E-state index in [0.29, 0.717) is 5.56 Å². The number of likely N-dealkylation sites (tertiary alicyclic amines) is 1. The molecule has 1 aliphatic rings. The van der Waals surface area contributed by atoms with Gasteiger partial charge in [0.05, 0.1) is 18.4 Å². The van der Waals surface area contributed by atoms with Crippen molar-refractivity contribution in [2.75, 3.05) is 20.2 Å². The molecule has 0 unspecified atom stereocenters. The summed E-state index contributed by atoms with van der Waals surface area (Å²) < 4.78 is 6.63. The van der Waals surface area contributed by atoms with Crippen molar-refractivity contribution in [3.63, 3.8) is 0 Å². The van der Waals surface area contributed by atoms with Gasteiger partial charge in [0.2, 0.25) is 0 Å². The van der Waals surface area contributed by atoms with Crippen LogP contribution in [-0.4, -0.2) is 40.5 Å². The minimum Gasteiger partial charge on any atom is -0.465 e. The summed E-state index contributed by atoms with van der Waals surface area (Å²) in [5.74, 6) is -0.321. The van der Waals surface area contributed by atoms with E-state index in [0.717, 1.165) is 31.0 Å². The average Bonchev–Trinajstić information content (AvgIpc) is 2.88. The lowest BCUT2D eigenvalue weighted by Gasteiger charge is -2.25. The normalized spacial score (nSPS) is 16.4. The lowest BCUT2D eigenvalue weighted by Crippen LogP contribution is -2.29. The number of hydrogen-bond donors (Lipinski definition) is 0. The Hall–Kier alpha value is -1.88. The van der Waals surface area contributed by atoms with Gasteiger partial charge in [0, 0.05) is 18.9 Å². The zero-order valence-electron chi connectivity index (χ0n) is 11.7. The van der Waals surface area contributed by atoms with Gasteiger partial charge in [-0.3, -0.25) is 4.90 Å². The molecule has 0 bridgehead atoms. The first kappa shape index (κ1) is 13.1. The fraction of sp³-hybridized carbons (Fsp3) is 0.467. The minimum atomic E-state index is -0.321. The summed E-state index contributed by atoms with van der Waals surface area (Å²) in [6.07, 6.45) is 7.66. The van der Waals surface area contributed by atoms with Gasteiger partial charge < -0.3 is 9.14 Å². The third-order valence-electron chi connectivity index (χ3n) is 3.76. The van der Waals surface area contributed by atoms with Gasteiger partial charge in [-0.15, -0.1) is 0 Å². The van der Waals surface area contributed by atoms with Crippen molar-refractivity contribution in [1.82, 2.24) is 14.3 Å². The fourth-order valence-corrected chi connectivity index (χ4v) is 2.71. The van der Waals surface area contributed by atoms with Crippen LogP contribution in [0.1, 0.15) is 35.3 Å². The molecular formula is C15H19N3O2. The van der Waals surface area contributed by atoms with E-state index < -0.39 is 0 Å². The Kier molecular flexibility index (Phi) is 3.69. The summed E-state index contributed by atoms with van der Waals surface area (Å²) >= 11 is 0. The lowest BCUT2D eigenvalue weighted by atomic mass is 10.1. The van der Waals surface area contributed by atoms with Crippen molar-refractivity contribution in [3.05, 3.63) is 35.8 Å². The number of imidazole rings is 1. The Labute approximate surface area is 118 Å². The van der Waals surface area contributed by atoms with Crippen LogP contribution < -0.4 is 0 Å². The second-order valence-corrected chi connectivity index (χ2v) is 5.24. The molecule has 0 atom stereocenters. The molecule has 0 amide bonds. The first-order valence-corrected chi connectivity index (χ1v) is 7.04. The summed E-state index contributed by atoms with van der Waals surface area (Å²) in [5.41, 5.74) is 2.46. The van der Waals surface area contributed by atoms with Gasteiger partial charge in [-0.25, -0.2) is 9.78 Å². The first-order valence-electron chi connectivity index (χ1n) is 7.04. The molecule has 0 aromatic carbocycles. The van der Waals surface area contributed by atoms with Crippen LogP contribution in [0.25, 0.3) is 5.65 Å². The number of fused-ring (bicyclic) bond motifs is 1. The van der Waals surface area contributed by atoms with Gasteiger partial charge in [-0.2, -0.15) is 0 Å². The van der Waals surface area contributed by atoms with Gasteiger partial charge in [-0.05, 0) is 38.1 Å². The third kappa shape index (κ3) is 2.67. The molecule has 2 aromatic rings. The minimum absolute atomic E-state index is 0.321. The van der Waals surface area contributed by atoms with Gasteiger partial charge in [0.15, 0.2) is 0 Å². The van der Waals surface area contributed by atoms with Gasteiger partial charge in [0.1, 0.15) is 5.65 Å². The number of carbonyl (C=O) groups is 1. The van der Waals surface area contributed by atoms with Crippen molar-refractivity contribution in [2.45, 2.75) is 25.8 Å². The van der Waals surface area contributed by atoms with Crippen LogP contribution in [-0.2, 0) is 11.3 Å². The second-order valence-electron chi connectivity index (χ2n) is 5.24. The van der Waals surface area contributed by atoms with Crippen molar-refractivity contribution in [1.29, 1.82) is 0 Å². The maximum absolute atomic E-state index is 11.5. The predicted octanol–water partition coefficient (Wildman–Crippen LogP) is 2.11. The molecule has 20 heavy (non-hydrogen) atoms. The Bertz CT molecular complexity index is 615. The van der Waals surface area contributed by atoms with Crippen LogP contribution in [0.3, 0.4) is 0 Å². The summed E-state index contributed by atoms with van der Waals surface area (Å²) in [5, 5.41) is 0. The molecule has 2 aromatic heterocycles. The zero-order chi connectivity index (χ0) is 13.9. The highest BCUT2D eigenvalue weighted by Crippen LogP contribution is 2.14. The van der Waals surface area contributed by atoms with Gasteiger partial charge >= 0.3 is 5.97 Å². The molecule has 1 aliphatic heterocycles. The van der Waals surface area contributed by atoms with Gasteiger partial charge in [0.25, 0.3) is 0 Å². The van der Waals surface area contributed by atoms with Crippen LogP contribution in [0.15, 0.2) is 24.5 Å². The fourth-order valence-electron chi connectivity index (χ4n) is 2.71. The largest absolute Gasteiger partial charge is 0.465 e. The number of pyridine rings is 1. The molecule has 106 valence electrons. The number of esters is 1. The van der Waals surface area contributed by atoms with Crippen molar-refractivity contribution >= 4 is 11.6 Å². The SMILES string of the molecule is COC(=O)c1ccc2nc(CN3CCCCC3)cn2c1. The molecular weight excluding hydrogens is 254 g/mol. The molecule has 0 saturated carbocycles. The average molecular weight is 273 g/mol. The quantitative estimate of drug-likeness (QED) is 0.804. The zero-order valence-corrected chi connectivity index (χ0v) is 11.7. The highest BCUT2D eigenvalue weighted by molar-refractivity contribution is 5.89. The monoisotopic (exact) mass is 273 g/mol. The molecule has 1 saturated heterocycles. The Morgan fingerprint density at radius 3 is 2.80 bits per heavy atom. The molecule has 3 heterocycles. The van der Waals surface area contributed by atoms with Crippen molar-refractivity contribution in [3.8, 4) is 0 Å². The van der Waals surface area contributed by atoms with Gasteiger partial charge in [-0.1, -0.05) is 6.42 Å². The first-order chi connectivity index (χ1) is 9.76. The van der Waals surface area contributed by atoms with Crippen molar-refractivity contribution < 1.29 is 9.53 Å². The highest BCUT2D eigenvalue weighted by atomic mass is 16.5. The summed E-state index contributed by atoms with van der Waals surface area (Å²) in [7, 11) is 1.39. The predicted molar refractivity (Wildman–Crippen MR) is 75.7 cm³/mol. The number of piperidine rings is 1. The molecule has 5 nitrogen and oxygen atoms in total. The number of ether oxygens (including phenoxy) is 1. The second kappa shape index (κ2) is 5.63. The van der Waals surface area contributed by atoms with E-state index in [1.807, 2.05) is 16.7 Å². The Balaban J connectivity index is 1.81.